The van der Waals surface area contributed by atoms with Gasteiger partial charge in [-0.25, -0.2) is 4.98 Å². The number of hydrogen-bond donors (Lipinski definition) is 2. The lowest BCUT2D eigenvalue weighted by molar-refractivity contribution is 1.06. The molecule has 146 valence electrons. The Bertz CT molecular complexity index is 1250. The van der Waals surface area contributed by atoms with Gasteiger partial charge < -0.3 is 10.6 Å². The quantitative estimate of drug-likeness (QED) is 0.440. The second-order valence-corrected chi connectivity index (χ2v) is 6.72. The van der Waals surface area contributed by atoms with E-state index in [1.54, 1.807) is 18.7 Å². The maximum atomic E-state index is 4.73. The van der Waals surface area contributed by atoms with Crippen LogP contribution in [-0.2, 0) is 6.54 Å². The average molecular weight is 393 g/mol. The Labute approximate surface area is 173 Å². The standard InChI is InChI=1S/C23H19N7/c1-3-8-17(9-4-1)14-25-21-20-22(30(16-26-20)19-11-5-2-6-12-19)29-23(28-21)27-18-10-7-13-24-15-18/h1-13,15-16H,14H2,(H2,25,27,28,29). The summed E-state index contributed by atoms with van der Waals surface area (Å²) in [6.45, 7) is 0.636. The highest BCUT2D eigenvalue weighted by Gasteiger charge is 2.14. The first-order valence-electron chi connectivity index (χ1n) is 9.62. The minimum Gasteiger partial charge on any atom is -0.364 e. The van der Waals surface area contributed by atoms with Crippen LogP contribution >= 0.6 is 0 Å². The number of benzene rings is 2. The number of nitrogens with one attached hydrogen (secondary N) is 2. The molecule has 0 atom stereocenters. The number of fused-ring (bicyclic) bond motifs is 1. The predicted molar refractivity (Wildman–Crippen MR) is 118 cm³/mol. The van der Waals surface area contributed by atoms with E-state index in [4.69, 9.17) is 4.98 Å². The lowest BCUT2D eigenvalue weighted by Crippen LogP contribution is -2.06. The number of imidazole rings is 1. The molecule has 5 rings (SSSR count). The molecular weight excluding hydrogens is 374 g/mol. The monoisotopic (exact) mass is 393 g/mol. The van der Waals surface area contributed by atoms with Crippen molar-refractivity contribution >= 4 is 28.6 Å². The summed E-state index contributed by atoms with van der Waals surface area (Å²) in [7, 11) is 0. The molecule has 0 spiro atoms. The Hall–Kier alpha value is -4.26. The molecule has 0 saturated carbocycles. The molecule has 7 nitrogen and oxygen atoms in total. The first kappa shape index (κ1) is 17.8. The first-order valence-corrected chi connectivity index (χ1v) is 9.62. The van der Waals surface area contributed by atoms with Crippen LogP contribution in [0.25, 0.3) is 16.9 Å². The van der Waals surface area contributed by atoms with Gasteiger partial charge in [0.2, 0.25) is 5.95 Å². The van der Waals surface area contributed by atoms with Crippen molar-refractivity contribution in [3.63, 3.8) is 0 Å². The van der Waals surface area contributed by atoms with E-state index in [-0.39, 0.29) is 0 Å². The molecule has 5 aromatic rings. The van der Waals surface area contributed by atoms with E-state index < -0.39 is 0 Å². The van der Waals surface area contributed by atoms with Crippen molar-refractivity contribution in [3.8, 4) is 5.69 Å². The van der Waals surface area contributed by atoms with Gasteiger partial charge in [-0.05, 0) is 29.8 Å². The molecule has 0 unspecified atom stereocenters. The first-order chi connectivity index (χ1) is 14.9. The fraction of sp³-hybridized carbons (Fsp3) is 0.0435. The van der Waals surface area contributed by atoms with Gasteiger partial charge in [0.25, 0.3) is 0 Å². The van der Waals surface area contributed by atoms with Gasteiger partial charge in [0, 0.05) is 18.4 Å². The Kier molecular flexibility index (Phi) is 4.75. The largest absolute Gasteiger partial charge is 0.364 e. The number of aromatic nitrogens is 5. The molecule has 30 heavy (non-hydrogen) atoms. The molecule has 0 aliphatic rings. The molecule has 0 aliphatic carbocycles. The fourth-order valence-electron chi connectivity index (χ4n) is 3.20. The highest BCUT2D eigenvalue weighted by molar-refractivity contribution is 5.85. The van der Waals surface area contributed by atoms with Crippen LogP contribution in [0.4, 0.5) is 17.5 Å². The molecule has 3 aromatic heterocycles. The summed E-state index contributed by atoms with van der Waals surface area (Å²) < 4.78 is 1.96. The molecular formula is C23H19N7. The van der Waals surface area contributed by atoms with Crippen LogP contribution in [0.2, 0.25) is 0 Å². The fourth-order valence-corrected chi connectivity index (χ4v) is 3.20. The minimum absolute atomic E-state index is 0.476. The van der Waals surface area contributed by atoms with Gasteiger partial charge in [-0.15, -0.1) is 0 Å². The van der Waals surface area contributed by atoms with E-state index in [9.17, 15) is 0 Å². The third kappa shape index (κ3) is 3.68. The zero-order valence-corrected chi connectivity index (χ0v) is 16.1. The normalized spacial score (nSPS) is 10.8. The molecule has 0 amide bonds. The van der Waals surface area contributed by atoms with Crippen molar-refractivity contribution in [2.75, 3.05) is 10.6 Å². The number of hydrogen-bond acceptors (Lipinski definition) is 6. The smallest absolute Gasteiger partial charge is 0.231 e. The van der Waals surface area contributed by atoms with Crippen LogP contribution in [-0.4, -0.2) is 24.5 Å². The molecule has 2 aromatic carbocycles. The van der Waals surface area contributed by atoms with Crippen molar-refractivity contribution in [3.05, 3.63) is 97.1 Å². The summed E-state index contributed by atoms with van der Waals surface area (Å²) in [6, 6.07) is 24.0. The summed E-state index contributed by atoms with van der Waals surface area (Å²) in [5, 5.41) is 6.65. The Balaban J connectivity index is 1.57. The van der Waals surface area contributed by atoms with Gasteiger partial charge in [0.15, 0.2) is 17.0 Å². The predicted octanol–water partition coefficient (Wildman–Crippen LogP) is 4.57. The zero-order valence-electron chi connectivity index (χ0n) is 16.1. The SMILES string of the molecule is c1ccc(CNc2nc(Nc3cccnc3)nc3c2ncn3-c2ccccc2)cc1. The molecule has 0 radical (unpaired) electrons. The second-order valence-electron chi connectivity index (χ2n) is 6.72. The van der Waals surface area contributed by atoms with Crippen molar-refractivity contribution in [2.24, 2.45) is 0 Å². The highest BCUT2D eigenvalue weighted by Crippen LogP contribution is 2.25. The Morgan fingerprint density at radius 2 is 1.63 bits per heavy atom. The summed E-state index contributed by atoms with van der Waals surface area (Å²) >= 11 is 0. The molecule has 3 heterocycles. The average Bonchev–Trinajstić information content (AvgIpc) is 3.23. The Morgan fingerprint density at radius 3 is 2.40 bits per heavy atom. The van der Waals surface area contributed by atoms with Gasteiger partial charge in [-0.3, -0.25) is 9.55 Å². The van der Waals surface area contributed by atoms with Crippen molar-refractivity contribution < 1.29 is 0 Å². The third-order valence-corrected chi connectivity index (χ3v) is 4.65. The highest BCUT2D eigenvalue weighted by atomic mass is 15.2. The van der Waals surface area contributed by atoms with Crippen molar-refractivity contribution in [1.82, 2.24) is 24.5 Å². The van der Waals surface area contributed by atoms with Crippen molar-refractivity contribution in [1.29, 1.82) is 0 Å². The van der Waals surface area contributed by atoms with Crippen LogP contribution in [0.3, 0.4) is 0 Å². The number of pyridine rings is 1. The molecule has 2 N–H and O–H groups in total. The van der Waals surface area contributed by atoms with E-state index >= 15 is 0 Å². The molecule has 0 bridgehead atoms. The van der Waals surface area contributed by atoms with Gasteiger partial charge in [-0.2, -0.15) is 9.97 Å². The van der Waals surface area contributed by atoms with E-state index in [1.165, 1.54) is 0 Å². The van der Waals surface area contributed by atoms with Crippen LogP contribution in [0, 0.1) is 0 Å². The van der Waals surface area contributed by atoms with Crippen LogP contribution < -0.4 is 10.6 Å². The molecule has 0 saturated heterocycles. The van der Waals surface area contributed by atoms with E-state index in [0.29, 0.717) is 23.8 Å². The zero-order chi connectivity index (χ0) is 20.2. The maximum Gasteiger partial charge on any atom is 0.231 e. The number of nitrogens with zero attached hydrogens (tertiary/aromatic N) is 5. The van der Waals surface area contributed by atoms with Gasteiger partial charge in [0.05, 0.1) is 11.9 Å². The van der Waals surface area contributed by atoms with Crippen LogP contribution in [0.5, 0.6) is 0 Å². The summed E-state index contributed by atoms with van der Waals surface area (Å²) in [4.78, 5) is 18.2. The minimum atomic E-state index is 0.476. The lowest BCUT2D eigenvalue weighted by Gasteiger charge is -2.11. The van der Waals surface area contributed by atoms with Crippen molar-refractivity contribution in [2.45, 2.75) is 6.54 Å². The summed E-state index contributed by atoms with van der Waals surface area (Å²) in [5.41, 5.74) is 4.40. The maximum absolute atomic E-state index is 4.73. The molecule has 0 fully saturated rings. The number of rotatable bonds is 6. The summed E-state index contributed by atoms with van der Waals surface area (Å²) in [6.07, 6.45) is 5.24. The second kappa shape index (κ2) is 8.00. The van der Waals surface area contributed by atoms with E-state index in [1.807, 2.05) is 65.2 Å². The van der Waals surface area contributed by atoms with Gasteiger partial charge >= 0.3 is 0 Å². The van der Waals surface area contributed by atoms with Crippen LogP contribution in [0.1, 0.15) is 5.56 Å². The molecule has 0 aliphatic heterocycles. The van der Waals surface area contributed by atoms with Crippen LogP contribution in [0.15, 0.2) is 91.5 Å². The molecule has 7 heteroatoms. The number of para-hydroxylation sites is 1. The lowest BCUT2D eigenvalue weighted by atomic mass is 10.2. The van der Waals surface area contributed by atoms with E-state index in [2.05, 4.69) is 37.7 Å². The number of anilines is 3. The topological polar surface area (TPSA) is 80.6 Å². The van der Waals surface area contributed by atoms with Gasteiger partial charge in [-0.1, -0.05) is 48.5 Å². The van der Waals surface area contributed by atoms with E-state index in [0.717, 1.165) is 22.6 Å². The third-order valence-electron chi connectivity index (χ3n) is 4.65. The summed E-state index contributed by atoms with van der Waals surface area (Å²) in [5.74, 6) is 1.15. The Morgan fingerprint density at radius 1 is 0.833 bits per heavy atom. The van der Waals surface area contributed by atoms with Gasteiger partial charge in [0.1, 0.15) is 6.33 Å².